The first-order valence-electron chi connectivity index (χ1n) is 9.87. The molecule has 0 spiro atoms. The van der Waals surface area contributed by atoms with Crippen LogP contribution in [0.15, 0.2) is 16.9 Å². The van der Waals surface area contributed by atoms with Crippen LogP contribution in [0.1, 0.15) is 61.1 Å². The smallest absolute Gasteiger partial charge is 0.274 e. The molecule has 0 bridgehead atoms. The molecule has 1 atom stereocenters. The minimum atomic E-state index is -0.140. The summed E-state index contributed by atoms with van der Waals surface area (Å²) in [6, 6.07) is 3.40. The number of carbonyl (C=O) groups is 1. The molecular formula is C20H27N5O3. The molecule has 1 amide bonds. The predicted molar refractivity (Wildman–Crippen MR) is 103 cm³/mol. The Morgan fingerprint density at radius 3 is 2.93 bits per heavy atom. The fourth-order valence-corrected chi connectivity index (χ4v) is 3.84. The third kappa shape index (κ3) is 3.61. The lowest BCUT2D eigenvalue weighted by molar-refractivity contribution is 0.0713. The Bertz CT molecular complexity index is 940. The molecule has 1 fully saturated rings. The third-order valence-electron chi connectivity index (χ3n) is 5.53. The van der Waals surface area contributed by atoms with E-state index in [0.29, 0.717) is 38.4 Å². The number of likely N-dealkylation sites (tertiary alicyclic amines) is 1. The molecule has 2 aromatic heterocycles. The van der Waals surface area contributed by atoms with E-state index in [2.05, 4.69) is 36.1 Å². The zero-order valence-electron chi connectivity index (χ0n) is 16.7. The summed E-state index contributed by atoms with van der Waals surface area (Å²) in [5, 5.41) is 11.8. The lowest BCUT2D eigenvalue weighted by Gasteiger charge is -2.25. The van der Waals surface area contributed by atoms with Crippen LogP contribution in [0.25, 0.3) is 0 Å². The first kappa shape index (κ1) is 18.9. The second-order valence-corrected chi connectivity index (χ2v) is 8.65. The Balaban J connectivity index is 1.53. The lowest BCUT2D eigenvalue weighted by atomic mass is 9.92. The molecule has 1 unspecified atom stereocenters. The van der Waals surface area contributed by atoms with E-state index in [1.807, 2.05) is 11.0 Å². The average molecular weight is 385 g/mol. The summed E-state index contributed by atoms with van der Waals surface area (Å²) in [5.74, 6) is -0.0892. The van der Waals surface area contributed by atoms with Gasteiger partial charge in [0.1, 0.15) is 5.69 Å². The van der Waals surface area contributed by atoms with Crippen LogP contribution >= 0.6 is 0 Å². The minimum Gasteiger partial charge on any atom is -0.376 e. The molecule has 1 N–H and O–H groups in total. The number of rotatable bonds is 3. The Morgan fingerprint density at radius 2 is 2.18 bits per heavy atom. The number of fused-ring (bicyclic) bond motifs is 1. The maximum absolute atomic E-state index is 13.0. The van der Waals surface area contributed by atoms with E-state index in [-0.39, 0.29) is 22.9 Å². The zero-order chi connectivity index (χ0) is 19.9. The molecule has 1 saturated heterocycles. The van der Waals surface area contributed by atoms with Gasteiger partial charge in [-0.2, -0.15) is 10.2 Å². The van der Waals surface area contributed by atoms with E-state index < -0.39 is 0 Å². The Hall–Kier alpha value is -2.48. The summed E-state index contributed by atoms with van der Waals surface area (Å²) >= 11 is 0. The van der Waals surface area contributed by atoms with Crippen LogP contribution in [0.4, 0.5) is 0 Å². The van der Waals surface area contributed by atoms with Gasteiger partial charge in [0.15, 0.2) is 0 Å². The van der Waals surface area contributed by atoms with Crippen molar-refractivity contribution in [1.29, 1.82) is 0 Å². The number of nitrogens with zero attached hydrogens (tertiary/aromatic N) is 4. The van der Waals surface area contributed by atoms with E-state index in [0.717, 1.165) is 29.8 Å². The van der Waals surface area contributed by atoms with Gasteiger partial charge in [-0.1, -0.05) is 20.8 Å². The number of aromatic nitrogens is 4. The first-order chi connectivity index (χ1) is 13.3. The summed E-state index contributed by atoms with van der Waals surface area (Å²) in [4.78, 5) is 27.3. The number of carbonyl (C=O) groups excluding carboxylic acids is 1. The summed E-state index contributed by atoms with van der Waals surface area (Å²) in [6.07, 6.45) is 2.49. The minimum absolute atomic E-state index is 0.0506. The van der Waals surface area contributed by atoms with Gasteiger partial charge in [-0.3, -0.25) is 14.7 Å². The second-order valence-electron chi connectivity index (χ2n) is 8.65. The van der Waals surface area contributed by atoms with Crippen LogP contribution < -0.4 is 5.56 Å². The molecule has 2 aromatic rings. The van der Waals surface area contributed by atoms with Crippen molar-refractivity contribution in [1.82, 2.24) is 24.9 Å². The molecule has 0 aliphatic carbocycles. The van der Waals surface area contributed by atoms with Gasteiger partial charge in [0.05, 0.1) is 31.5 Å². The highest BCUT2D eigenvalue weighted by Crippen LogP contribution is 2.24. The number of nitrogens with one attached hydrogen (secondary N) is 1. The maximum Gasteiger partial charge on any atom is 0.274 e. The van der Waals surface area contributed by atoms with Gasteiger partial charge in [-0.25, -0.2) is 4.68 Å². The number of hydrogen-bond donors (Lipinski definition) is 1. The fraction of sp³-hybridized carbons (Fsp3) is 0.600. The first-order valence-corrected chi connectivity index (χ1v) is 9.87. The number of hydrogen-bond acceptors (Lipinski definition) is 5. The highest BCUT2D eigenvalue weighted by Gasteiger charge is 2.32. The van der Waals surface area contributed by atoms with E-state index in [9.17, 15) is 9.59 Å². The van der Waals surface area contributed by atoms with Crippen LogP contribution in [0.3, 0.4) is 0 Å². The molecule has 4 heterocycles. The summed E-state index contributed by atoms with van der Waals surface area (Å²) in [6.45, 7) is 8.39. The van der Waals surface area contributed by atoms with Gasteiger partial charge in [-0.15, -0.1) is 0 Å². The molecule has 28 heavy (non-hydrogen) atoms. The van der Waals surface area contributed by atoms with Gasteiger partial charge in [0.25, 0.3) is 11.5 Å². The molecule has 8 nitrogen and oxygen atoms in total. The van der Waals surface area contributed by atoms with Gasteiger partial charge in [0.2, 0.25) is 0 Å². The standard InChI is InChI=1S/C20H27N5O3/c1-20(2,3)17-10-16(21-22-17)19(27)24-7-4-5-14(24)11-25-18(26)9-13-12-28-8-6-15(13)23-25/h9-10,14H,4-8,11-12H2,1-3H3,(H,21,22). The number of amides is 1. The Labute approximate surface area is 163 Å². The molecule has 0 radical (unpaired) electrons. The second kappa shape index (κ2) is 7.16. The molecular weight excluding hydrogens is 358 g/mol. The van der Waals surface area contributed by atoms with Crippen LogP contribution in [0, 0.1) is 0 Å². The predicted octanol–water partition coefficient (Wildman–Crippen LogP) is 1.64. The van der Waals surface area contributed by atoms with Gasteiger partial charge in [0, 0.05) is 35.7 Å². The Morgan fingerprint density at radius 1 is 1.36 bits per heavy atom. The molecule has 150 valence electrons. The van der Waals surface area contributed by atoms with Crippen molar-refractivity contribution in [2.75, 3.05) is 13.2 Å². The van der Waals surface area contributed by atoms with E-state index in [4.69, 9.17) is 4.74 Å². The highest BCUT2D eigenvalue weighted by molar-refractivity contribution is 5.92. The molecule has 2 aliphatic heterocycles. The van der Waals surface area contributed by atoms with Crippen LogP contribution in [0.2, 0.25) is 0 Å². The molecule has 0 aromatic carbocycles. The third-order valence-corrected chi connectivity index (χ3v) is 5.53. The topological polar surface area (TPSA) is 93.1 Å². The van der Waals surface area contributed by atoms with Crippen molar-refractivity contribution >= 4 is 5.91 Å². The number of ether oxygens (including phenoxy) is 1. The number of aromatic amines is 1. The zero-order valence-corrected chi connectivity index (χ0v) is 16.7. The van der Waals surface area contributed by atoms with E-state index >= 15 is 0 Å². The largest absolute Gasteiger partial charge is 0.376 e. The van der Waals surface area contributed by atoms with Crippen LogP contribution in [-0.2, 0) is 29.7 Å². The quantitative estimate of drug-likeness (QED) is 0.867. The van der Waals surface area contributed by atoms with Gasteiger partial charge in [-0.05, 0) is 18.9 Å². The van der Waals surface area contributed by atoms with Crippen molar-refractivity contribution in [2.45, 2.75) is 64.6 Å². The van der Waals surface area contributed by atoms with Crippen molar-refractivity contribution in [3.8, 4) is 0 Å². The molecule has 0 saturated carbocycles. The molecule has 8 heteroatoms. The number of H-pyrrole nitrogens is 1. The normalized spacial score (nSPS) is 19.7. The monoisotopic (exact) mass is 385 g/mol. The SMILES string of the molecule is CC(C)(C)c1cc(C(=O)N2CCCC2Cn2nc3c(cc2=O)COCC3)n[nH]1. The fourth-order valence-electron chi connectivity index (χ4n) is 3.84. The van der Waals surface area contributed by atoms with Crippen molar-refractivity contribution < 1.29 is 9.53 Å². The van der Waals surface area contributed by atoms with Crippen LogP contribution in [0.5, 0.6) is 0 Å². The van der Waals surface area contributed by atoms with Gasteiger partial charge < -0.3 is 9.64 Å². The van der Waals surface area contributed by atoms with Gasteiger partial charge >= 0.3 is 0 Å². The highest BCUT2D eigenvalue weighted by atomic mass is 16.5. The van der Waals surface area contributed by atoms with Crippen molar-refractivity contribution in [3.63, 3.8) is 0 Å². The molecule has 4 rings (SSSR count). The average Bonchev–Trinajstić information content (AvgIpc) is 3.31. The van der Waals surface area contributed by atoms with Crippen LogP contribution in [-0.4, -0.2) is 50.0 Å². The summed E-state index contributed by atoms with van der Waals surface area (Å²) < 4.78 is 6.90. The van der Waals surface area contributed by atoms with E-state index in [1.165, 1.54) is 4.68 Å². The summed E-state index contributed by atoms with van der Waals surface area (Å²) in [5.41, 5.74) is 2.92. The van der Waals surface area contributed by atoms with Crippen molar-refractivity contribution in [3.05, 3.63) is 45.1 Å². The Kier molecular flexibility index (Phi) is 4.82. The molecule has 2 aliphatic rings. The lowest BCUT2D eigenvalue weighted by Crippen LogP contribution is -2.41. The van der Waals surface area contributed by atoms with E-state index in [1.54, 1.807) is 6.07 Å². The maximum atomic E-state index is 13.0. The van der Waals surface area contributed by atoms with Crippen molar-refractivity contribution in [2.24, 2.45) is 0 Å². The summed E-state index contributed by atoms with van der Waals surface area (Å²) in [7, 11) is 0.